The fourth-order valence-electron chi connectivity index (χ4n) is 1.07. The van der Waals surface area contributed by atoms with Gasteiger partial charge in [0.2, 0.25) is 5.96 Å². The van der Waals surface area contributed by atoms with Gasteiger partial charge in [0.15, 0.2) is 0 Å². The Labute approximate surface area is 88.5 Å². The van der Waals surface area contributed by atoms with Gasteiger partial charge in [-0.1, -0.05) is 12.1 Å². The minimum Gasteiger partial charge on any atom is -0.492 e. The number of benzene rings is 1. The molecule has 0 saturated carbocycles. The van der Waals surface area contributed by atoms with Crippen LogP contribution >= 0.6 is 0 Å². The zero-order valence-corrected chi connectivity index (χ0v) is 8.60. The van der Waals surface area contributed by atoms with E-state index in [1.165, 1.54) is 0 Å². The molecule has 0 aromatic heterocycles. The lowest BCUT2D eigenvalue weighted by atomic mass is 10.2. The van der Waals surface area contributed by atoms with E-state index in [2.05, 4.69) is 4.99 Å². The molecular weight excluding hydrogens is 194 g/mol. The van der Waals surface area contributed by atoms with E-state index in [9.17, 15) is 0 Å². The highest BCUT2D eigenvalue weighted by atomic mass is 16.5. The Morgan fingerprint density at radius 1 is 1.60 bits per heavy atom. The first-order chi connectivity index (χ1) is 7.22. The third-order valence-corrected chi connectivity index (χ3v) is 1.75. The molecule has 5 nitrogen and oxygen atoms in total. The third-order valence-electron chi connectivity index (χ3n) is 1.75. The highest BCUT2D eigenvalue weighted by Gasteiger charge is 1.93. The Bertz CT molecular complexity index is 339. The second-order valence-corrected chi connectivity index (χ2v) is 3.04. The second-order valence-electron chi connectivity index (χ2n) is 3.04. The summed E-state index contributed by atoms with van der Waals surface area (Å²) in [6.07, 6.45) is 0. The van der Waals surface area contributed by atoms with Crippen LogP contribution in [-0.4, -0.2) is 24.3 Å². The lowest BCUT2D eigenvalue weighted by Gasteiger charge is -2.05. The predicted octanol–water partition coefficient (Wildman–Crippen LogP) is 0.667. The van der Waals surface area contributed by atoms with Crippen molar-refractivity contribution in [1.29, 1.82) is 0 Å². The molecule has 15 heavy (non-hydrogen) atoms. The van der Waals surface area contributed by atoms with Gasteiger partial charge in [0, 0.05) is 0 Å². The molecule has 0 atom stereocenters. The van der Waals surface area contributed by atoms with E-state index in [4.69, 9.17) is 15.7 Å². The van der Waals surface area contributed by atoms with Gasteiger partial charge in [-0.2, -0.15) is 0 Å². The van der Waals surface area contributed by atoms with E-state index in [0.29, 0.717) is 13.2 Å². The largest absolute Gasteiger partial charge is 0.492 e. The van der Waals surface area contributed by atoms with Crippen molar-refractivity contribution < 1.29 is 9.94 Å². The quantitative estimate of drug-likeness (QED) is 0.294. The monoisotopic (exact) mass is 209 g/mol. The van der Waals surface area contributed by atoms with Crippen LogP contribution in [-0.2, 0) is 0 Å². The van der Waals surface area contributed by atoms with Crippen LogP contribution in [0.4, 0.5) is 0 Å². The van der Waals surface area contributed by atoms with Gasteiger partial charge in [0.05, 0.1) is 6.54 Å². The van der Waals surface area contributed by atoms with E-state index in [1.807, 2.05) is 31.2 Å². The number of nitrogens with two attached hydrogens (primary N) is 1. The Kier molecular flexibility index (Phi) is 4.43. The van der Waals surface area contributed by atoms with Crippen LogP contribution in [0.2, 0.25) is 0 Å². The Morgan fingerprint density at radius 2 is 2.40 bits per heavy atom. The topological polar surface area (TPSA) is 79.9 Å². The van der Waals surface area contributed by atoms with Crippen LogP contribution in [0, 0.1) is 6.92 Å². The maximum absolute atomic E-state index is 8.34. The standard InChI is InChI=1S/C10H15N3O2/c1-8-3-2-4-9(7-8)15-6-5-12-10(11)13-14/h2-4,7,14H,5-6H2,1H3,(H3,11,12,13). The summed E-state index contributed by atoms with van der Waals surface area (Å²) in [5, 5.41) is 8.34. The fraction of sp³-hybridized carbons (Fsp3) is 0.300. The first-order valence-electron chi connectivity index (χ1n) is 4.62. The molecule has 0 bridgehead atoms. The van der Waals surface area contributed by atoms with Crippen molar-refractivity contribution in [1.82, 2.24) is 5.48 Å². The minimum atomic E-state index is -0.0113. The lowest BCUT2D eigenvalue weighted by Crippen LogP contribution is -2.29. The van der Waals surface area contributed by atoms with Gasteiger partial charge in [0.1, 0.15) is 12.4 Å². The van der Waals surface area contributed by atoms with Crippen LogP contribution in [0.5, 0.6) is 5.75 Å². The first kappa shape index (κ1) is 11.3. The third kappa shape index (κ3) is 4.33. The lowest BCUT2D eigenvalue weighted by molar-refractivity contribution is 0.232. The molecule has 0 heterocycles. The van der Waals surface area contributed by atoms with Gasteiger partial charge in [0.25, 0.3) is 0 Å². The minimum absolute atomic E-state index is 0.0113. The molecule has 1 rings (SSSR count). The Hall–Kier alpha value is -1.75. The molecule has 82 valence electrons. The average molecular weight is 209 g/mol. The van der Waals surface area contributed by atoms with Gasteiger partial charge in [-0.05, 0) is 24.6 Å². The number of nitrogens with zero attached hydrogens (tertiary/aromatic N) is 1. The Balaban J connectivity index is 2.32. The molecule has 0 amide bonds. The summed E-state index contributed by atoms with van der Waals surface area (Å²) < 4.78 is 5.41. The Morgan fingerprint density at radius 3 is 3.07 bits per heavy atom. The van der Waals surface area contributed by atoms with Crippen molar-refractivity contribution in [2.24, 2.45) is 10.7 Å². The second kappa shape index (κ2) is 5.87. The number of aryl methyl sites for hydroxylation is 1. The smallest absolute Gasteiger partial charge is 0.212 e. The highest BCUT2D eigenvalue weighted by Crippen LogP contribution is 2.11. The molecule has 1 aromatic rings. The van der Waals surface area contributed by atoms with Gasteiger partial charge in [-0.15, -0.1) is 0 Å². The predicted molar refractivity (Wildman–Crippen MR) is 58.1 cm³/mol. The summed E-state index contributed by atoms with van der Waals surface area (Å²) >= 11 is 0. The molecule has 0 aliphatic rings. The summed E-state index contributed by atoms with van der Waals surface area (Å²) in [7, 11) is 0. The summed E-state index contributed by atoms with van der Waals surface area (Å²) in [5.74, 6) is 0.795. The molecule has 0 spiro atoms. The molecule has 1 aromatic carbocycles. The average Bonchev–Trinajstić information content (AvgIpc) is 2.24. The van der Waals surface area contributed by atoms with E-state index in [-0.39, 0.29) is 5.96 Å². The molecule has 0 saturated heterocycles. The van der Waals surface area contributed by atoms with Gasteiger partial charge < -0.3 is 10.5 Å². The zero-order valence-electron chi connectivity index (χ0n) is 8.60. The van der Waals surface area contributed by atoms with Gasteiger partial charge >= 0.3 is 0 Å². The summed E-state index contributed by atoms with van der Waals surface area (Å²) in [6.45, 7) is 2.82. The van der Waals surface area contributed by atoms with Crippen LogP contribution in [0.25, 0.3) is 0 Å². The highest BCUT2D eigenvalue weighted by molar-refractivity contribution is 5.76. The molecule has 0 unspecified atom stereocenters. The number of rotatable bonds is 4. The van der Waals surface area contributed by atoms with E-state index in [1.54, 1.807) is 5.48 Å². The molecule has 0 aliphatic carbocycles. The van der Waals surface area contributed by atoms with E-state index in [0.717, 1.165) is 11.3 Å². The molecule has 0 radical (unpaired) electrons. The molecular formula is C10H15N3O2. The number of guanidine groups is 1. The van der Waals surface area contributed by atoms with Crippen LogP contribution in [0.15, 0.2) is 29.3 Å². The first-order valence-corrected chi connectivity index (χ1v) is 4.62. The van der Waals surface area contributed by atoms with Crippen molar-refractivity contribution in [3.05, 3.63) is 29.8 Å². The van der Waals surface area contributed by atoms with Gasteiger partial charge in [-0.3, -0.25) is 5.21 Å². The number of ether oxygens (including phenoxy) is 1. The van der Waals surface area contributed by atoms with E-state index >= 15 is 0 Å². The normalized spacial score (nSPS) is 11.2. The van der Waals surface area contributed by atoms with Crippen molar-refractivity contribution in [3.8, 4) is 5.75 Å². The number of hydroxylamine groups is 1. The maximum atomic E-state index is 8.34. The SMILES string of the molecule is Cc1cccc(OCCN=C(N)NO)c1. The summed E-state index contributed by atoms with van der Waals surface area (Å²) in [4.78, 5) is 3.79. The molecule has 0 aliphatic heterocycles. The zero-order chi connectivity index (χ0) is 11.1. The van der Waals surface area contributed by atoms with Crippen LogP contribution in [0.3, 0.4) is 0 Å². The van der Waals surface area contributed by atoms with Crippen LogP contribution < -0.4 is 16.0 Å². The maximum Gasteiger partial charge on any atom is 0.212 e. The number of hydrogen-bond acceptors (Lipinski definition) is 3. The number of hydrogen-bond donors (Lipinski definition) is 3. The van der Waals surface area contributed by atoms with Gasteiger partial charge in [-0.25, -0.2) is 10.5 Å². The molecule has 0 fully saturated rings. The van der Waals surface area contributed by atoms with Crippen molar-refractivity contribution >= 4 is 5.96 Å². The van der Waals surface area contributed by atoms with Crippen molar-refractivity contribution in [2.45, 2.75) is 6.92 Å². The van der Waals surface area contributed by atoms with Crippen molar-refractivity contribution in [2.75, 3.05) is 13.2 Å². The number of aliphatic imine (C=N–C) groups is 1. The number of nitrogens with one attached hydrogen (secondary N) is 1. The van der Waals surface area contributed by atoms with E-state index < -0.39 is 0 Å². The van der Waals surface area contributed by atoms with Crippen LogP contribution in [0.1, 0.15) is 5.56 Å². The summed E-state index contributed by atoms with van der Waals surface area (Å²) in [5.41, 5.74) is 8.10. The molecule has 4 N–H and O–H groups in total. The van der Waals surface area contributed by atoms with Crippen molar-refractivity contribution in [3.63, 3.8) is 0 Å². The summed E-state index contributed by atoms with van der Waals surface area (Å²) in [6, 6.07) is 7.75. The molecule has 5 heteroatoms. The fourth-order valence-corrected chi connectivity index (χ4v) is 1.07.